The van der Waals surface area contributed by atoms with Crippen molar-refractivity contribution in [2.24, 2.45) is 0 Å². The van der Waals surface area contributed by atoms with Crippen LogP contribution in [0.1, 0.15) is 151 Å². The summed E-state index contributed by atoms with van der Waals surface area (Å²) in [7, 11) is 0. The second-order valence-electron chi connectivity index (χ2n) is 18.2. The second kappa shape index (κ2) is 13.4. The monoisotopic (exact) mass is 664 g/mol. The molecule has 0 aliphatic carbocycles. The van der Waals surface area contributed by atoms with Gasteiger partial charge in [0.1, 0.15) is 23.0 Å². The lowest BCUT2D eigenvalue weighted by Crippen LogP contribution is -2.14. The number of hydrogen-bond donors (Lipinski definition) is 4. The van der Waals surface area contributed by atoms with Crippen LogP contribution in [0.2, 0.25) is 0 Å². The van der Waals surface area contributed by atoms with Crippen LogP contribution in [0.3, 0.4) is 0 Å². The Bertz CT molecular complexity index is 1830. The maximum absolute atomic E-state index is 11.9. The van der Waals surface area contributed by atoms with Crippen molar-refractivity contribution in [3.63, 3.8) is 0 Å². The summed E-state index contributed by atoms with van der Waals surface area (Å²) < 4.78 is 0. The minimum absolute atomic E-state index is 0.0841. The molecule has 0 spiro atoms. The van der Waals surface area contributed by atoms with Crippen LogP contribution in [-0.4, -0.2) is 20.4 Å². The minimum Gasteiger partial charge on any atom is -0.508 e. The topological polar surface area (TPSA) is 80.9 Å². The fraction of sp³-hybridized carbons (Fsp3) is 0.467. The largest absolute Gasteiger partial charge is 0.508 e. The van der Waals surface area contributed by atoms with Gasteiger partial charge in [0.05, 0.1) is 0 Å². The predicted octanol–water partition coefficient (Wildman–Crippen LogP) is 11.0. The molecule has 0 aromatic heterocycles. The van der Waals surface area contributed by atoms with E-state index in [0.717, 1.165) is 61.2 Å². The number of aryl methyl sites for hydroxylation is 1. The van der Waals surface area contributed by atoms with E-state index < -0.39 is 0 Å². The number of rotatable bonds is 7. The van der Waals surface area contributed by atoms with Gasteiger partial charge in [-0.25, -0.2) is 0 Å². The number of phenolic OH excluding ortho intramolecular Hbond substituents is 4. The molecule has 4 rings (SSSR count). The lowest BCUT2D eigenvalue weighted by molar-refractivity contribution is 0.451. The quantitative estimate of drug-likeness (QED) is 0.158. The molecule has 0 saturated heterocycles. The van der Waals surface area contributed by atoms with Gasteiger partial charge in [-0.2, -0.15) is 0 Å². The van der Waals surface area contributed by atoms with Crippen molar-refractivity contribution >= 4 is 0 Å². The van der Waals surface area contributed by atoms with Crippen LogP contribution in [0, 0.1) is 0 Å². The van der Waals surface area contributed by atoms with Crippen molar-refractivity contribution < 1.29 is 20.4 Å². The maximum Gasteiger partial charge on any atom is 0.122 e. The molecule has 49 heavy (non-hydrogen) atoms. The van der Waals surface area contributed by atoms with E-state index in [-0.39, 0.29) is 44.7 Å². The van der Waals surface area contributed by atoms with E-state index in [9.17, 15) is 20.4 Å². The van der Waals surface area contributed by atoms with E-state index in [0.29, 0.717) is 25.7 Å². The first kappa shape index (κ1) is 37.9. The summed E-state index contributed by atoms with van der Waals surface area (Å²) in [6.07, 6.45) is 1.80. The number of benzene rings is 4. The van der Waals surface area contributed by atoms with Crippen molar-refractivity contribution in [1.82, 2.24) is 0 Å². The summed E-state index contributed by atoms with van der Waals surface area (Å²) in [5.74, 6) is 0.861. The smallest absolute Gasteiger partial charge is 0.122 e. The molecule has 4 nitrogen and oxygen atoms in total. The van der Waals surface area contributed by atoms with Gasteiger partial charge in [0.25, 0.3) is 0 Å². The van der Waals surface area contributed by atoms with Crippen LogP contribution in [0.25, 0.3) is 0 Å². The summed E-state index contributed by atoms with van der Waals surface area (Å²) in [4.78, 5) is 0. The van der Waals surface area contributed by atoms with E-state index in [1.165, 1.54) is 0 Å². The molecule has 0 radical (unpaired) electrons. The molecule has 264 valence electrons. The van der Waals surface area contributed by atoms with Crippen molar-refractivity contribution in [1.29, 1.82) is 0 Å². The molecule has 0 amide bonds. The Morgan fingerprint density at radius 1 is 0.367 bits per heavy atom. The third-order valence-corrected chi connectivity index (χ3v) is 9.87. The summed E-state index contributed by atoms with van der Waals surface area (Å²) in [6, 6.07) is 18.1. The highest BCUT2D eigenvalue weighted by molar-refractivity contribution is 5.56. The van der Waals surface area contributed by atoms with E-state index in [1.54, 1.807) is 6.07 Å². The highest BCUT2D eigenvalue weighted by Crippen LogP contribution is 2.41. The fourth-order valence-electron chi connectivity index (χ4n) is 6.33. The van der Waals surface area contributed by atoms with Crippen LogP contribution in [0.15, 0.2) is 54.6 Å². The third-order valence-electron chi connectivity index (χ3n) is 9.87. The van der Waals surface area contributed by atoms with Crippen molar-refractivity contribution in [2.75, 3.05) is 0 Å². The molecular formula is C45H60O4. The molecular weight excluding hydrogens is 604 g/mol. The van der Waals surface area contributed by atoms with E-state index >= 15 is 0 Å². The number of hydrogen-bond acceptors (Lipinski definition) is 4. The zero-order valence-corrected chi connectivity index (χ0v) is 32.3. The number of aromatic hydroxyl groups is 4. The molecule has 4 aromatic rings. The average Bonchev–Trinajstić information content (AvgIpc) is 2.96. The molecule has 0 saturated carbocycles. The van der Waals surface area contributed by atoms with E-state index in [4.69, 9.17) is 0 Å². The predicted molar refractivity (Wildman–Crippen MR) is 205 cm³/mol. The molecule has 0 bridgehead atoms. The highest BCUT2D eigenvalue weighted by atomic mass is 16.3. The Morgan fingerprint density at radius 3 is 0.939 bits per heavy atom. The molecule has 0 aliphatic heterocycles. The lowest BCUT2D eigenvalue weighted by atomic mass is 9.80. The van der Waals surface area contributed by atoms with Gasteiger partial charge >= 0.3 is 0 Å². The van der Waals surface area contributed by atoms with Gasteiger partial charge in [-0.15, -0.1) is 0 Å². The van der Waals surface area contributed by atoms with Crippen molar-refractivity contribution in [2.45, 2.75) is 137 Å². The van der Waals surface area contributed by atoms with Gasteiger partial charge in [0, 0.05) is 19.3 Å². The first-order valence-electron chi connectivity index (χ1n) is 17.8. The molecule has 0 atom stereocenters. The molecule has 4 heteroatoms. The molecule has 0 fully saturated rings. The summed E-state index contributed by atoms with van der Waals surface area (Å²) in [6.45, 7) is 28.0. The minimum atomic E-state index is -0.197. The zero-order chi connectivity index (χ0) is 36.9. The lowest BCUT2D eigenvalue weighted by Gasteiger charge is -2.25. The highest BCUT2D eigenvalue weighted by Gasteiger charge is 2.25. The number of phenols is 4. The van der Waals surface area contributed by atoms with E-state index in [1.807, 2.05) is 12.1 Å². The van der Waals surface area contributed by atoms with Crippen LogP contribution in [-0.2, 0) is 47.3 Å². The fourth-order valence-corrected chi connectivity index (χ4v) is 6.33. The Hall–Kier alpha value is -3.92. The first-order chi connectivity index (χ1) is 22.4. The van der Waals surface area contributed by atoms with Crippen LogP contribution < -0.4 is 0 Å². The van der Waals surface area contributed by atoms with Crippen molar-refractivity contribution in [3.05, 3.63) is 116 Å². The van der Waals surface area contributed by atoms with Gasteiger partial charge < -0.3 is 20.4 Å². The molecule has 4 N–H and O–H groups in total. The van der Waals surface area contributed by atoms with Crippen LogP contribution >= 0.6 is 0 Å². The molecule has 0 heterocycles. The summed E-state index contributed by atoms with van der Waals surface area (Å²) >= 11 is 0. The Balaban J connectivity index is 1.87. The summed E-state index contributed by atoms with van der Waals surface area (Å²) in [5, 5.41) is 45.9. The van der Waals surface area contributed by atoms with Crippen LogP contribution in [0.5, 0.6) is 23.0 Å². The Morgan fingerprint density at radius 2 is 0.633 bits per heavy atom. The summed E-state index contributed by atoms with van der Waals surface area (Å²) in [5.41, 5.74) is 9.28. The zero-order valence-electron chi connectivity index (χ0n) is 32.3. The third kappa shape index (κ3) is 8.63. The van der Waals surface area contributed by atoms with E-state index in [2.05, 4.69) is 126 Å². The molecule has 0 unspecified atom stereocenters. The van der Waals surface area contributed by atoms with Gasteiger partial charge in [0.2, 0.25) is 0 Å². The maximum atomic E-state index is 11.9. The Labute approximate surface area is 295 Å². The van der Waals surface area contributed by atoms with Gasteiger partial charge in [-0.05, 0) is 95.3 Å². The van der Waals surface area contributed by atoms with Crippen molar-refractivity contribution in [3.8, 4) is 23.0 Å². The molecule has 4 aromatic carbocycles. The standard InChI is InChI=1S/C45H60O4/c1-14-27-20-35(43(5,6)7)23-30(39(27)47)18-31-24-37(45(11,12)13)26-33(41(31)49)19-32-25-36(44(8,9)10)22-29(40(32)48)17-28-21-34(42(2,3)4)15-16-38(28)46/h15-16,20-26,46-49H,14,17-19H2,1-13H3. The normalized spacial score (nSPS) is 12.8. The Kier molecular flexibility index (Phi) is 10.4. The van der Waals surface area contributed by atoms with Gasteiger partial charge in [-0.3, -0.25) is 0 Å². The van der Waals surface area contributed by atoms with Gasteiger partial charge in [0.15, 0.2) is 0 Å². The van der Waals surface area contributed by atoms with Crippen LogP contribution in [0.4, 0.5) is 0 Å². The second-order valence-corrected chi connectivity index (χ2v) is 18.2. The molecule has 0 aliphatic rings. The first-order valence-corrected chi connectivity index (χ1v) is 17.8. The SMILES string of the molecule is CCc1cc(C(C)(C)C)cc(Cc2cc(C(C)(C)C)cc(Cc3cc(C(C)(C)C)cc(Cc4cc(C(C)(C)C)ccc4O)c3O)c2O)c1O. The average molecular weight is 665 g/mol. The van der Waals surface area contributed by atoms with Gasteiger partial charge in [-0.1, -0.05) is 139 Å².